The molecule has 2 atom stereocenters. The topological polar surface area (TPSA) is 220 Å². The minimum absolute atomic E-state index is 0. The van der Waals surface area contributed by atoms with Gasteiger partial charge in [-0.1, -0.05) is 89.0 Å². The number of benzene rings is 3. The Hall–Kier alpha value is -3.60. The highest BCUT2D eigenvalue weighted by Gasteiger charge is 2.39. The number of carbonyl (C=O) groups is 4. The molecule has 17 nitrogen and oxygen atoms in total. The summed E-state index contributed by atoms with van der Waals surface area (Å²) >= 11 is 16.4. The van der Waals surface area contributed by atoms with Crippen LogP contribution in [0.1, 0.15) is 91.2 Å². The highest BCUT2D eigenvalue weighted by molar-refractivity contribution is 7.59. The molecule has 26 heteroatoms. The Labute approximate surface area is 492 Å². The summed E-state index contributed by atoms with van der Waals surface area (Å²) in [6, 6.07) is 13.6. The van der Waals surface area contributed by atoms with Gasteiger partial charge in [-0.3, -0.25) is 19.7 Å². The molecule has 446 valence electrons. The van der Waals surface area contributed by atoms with Gasteiger partial charge in [0.2, 0.25) is 0 Å². The van der Waals surface area contributed by atoms with Crippen molar-refractivity contribution in [3.63, 3.8) is 0 Å². The first kappa shape index (κ1) is 78.6. The van der Waals surface area contributed by atoms with Gasteiger partial charge in [0.05, 0.1) is 41.8 Å². The fraction of sp³-hybridized carbons (Fsp3) is 0.577. The highest BCUT2D eigenvalue weighted by atomic mass is 35.5. The van der Waals surface area contributed by atoms with E-state index in [1.165, 1.54) is 68.4 Å². The lowest BCUT2D eigenvalue weighted by Gasteiger charge is -2.38. The van der Waals surface area contributed by atoms with Crippen molar-refractivity contribution in [2.75, 3.05) is 54.7 Å². The summed E-state index contributed by atoms with van der Waals surface area (Å²) in [4.78, 5) is 56.9. The Kier molecular flexibility index (Phi) is 40.1. The number of nitro benzene ring substituents is 1. The van der Waals surface area contributed by atoms with Crippen LogP contribution < -0.4 is 21.1 Å². The summed E-state index contributed by atoms with van der Waals surface area (Å²) in [5, 5.41) is 16.5. The summed E-state index contributed by atoms with van der Waals surface area (Å²) in [6.07, 6.45) is 4.32. The van der Waals surface area contributed by atoms with Gasteiger partial charge in [0.15, 0.2) is 16.6 Å². The molecule has 3 aromatic rings. The van der Waals surface area contributed by atoms with Crippen LogP contribution in [-0.4, -0.2) is 117 Å². The normalized spacial score (nSPS) is 12.7. The van der Waals surface area contributed by atoms with Crippen molar-refractivity contribution in [1.82, 2.24) is 15.5 Å². The smallest absolute Gasteiger partial charge is 0.409 e. The number of hydrogen-bond acceptors (Lipinski definition) is 14. The minimum Gasteiger partial charge on any atom is -0.469 e. The fourth-order valence-electron chi connectivity index (χ4n) is 5.62. The number of non-ortho nitro benzene ring substituents is 1. The van der Waals surface area contributed by atoms with E-state index in [1.807, 2.05) is 7.05 Å². The Balaban J connectivity index is -0.000000993. The third kappa shape index (κ3) is 31.4. The zero-order valence-corrected chi connectivity index (χ0v) is 53.9. The van der Waals surface area contributed by atoms with Crippen molar-refractivity contribution in [2.45, 2.75) is 142 Å². The summed E-state index contributed by atoms with van der Waals surface area (Å²) in [7, 11) is 2.57. The SMILES string of the molecule is C1CCOC1.CN[C@@H](CCC(=O)OC)CO[Si](C)(C)C(C)(C)C.COC(=O)CC[C@@H](CO[Si](C)(C)C(C)(C)C)N(C)C(=O)NCc1cccc(F)c1Cl.NCc1cccc(F)c1Cl.O=C(Cl)Oc1ccc([N+](=O)[O-])cc1.S.S. The number of likely N-dealkylation sites (N-methyl/N-ethyl adjacent to an activating group) is 2. The van der Waals surface area contributed by atoms with E-state index in [1.54, 1.807) is 31.3 Å². The maximum Gasteiger partial charge on any atom is 0.409 e. The summed E-state index contributed by atoms with van der Waals surface area (Å²) in [6.45, 7) is 25.2. The van der Waals surface area contributed by atoms with Crippen molar-refractivity contribution < 1.29 is 60.7 Å². The molecule has 0 spiro atoms. The van der Waals surface area contributed by atoms with Crippen LogP contribution in [0.25, 0.3) is 0 Å². The van der Waals surface area contributed by atoms with Gasteiger partial charge in [-0.2, -0.15) is 27.0 Å². The molecule has 1 fully saturated rings. The summed E-state index contributed by atoms with van der Waals surface area (Å²) in [5.41, 5.74) is 5.34. The molecule has 3 aromatic carbocycles. The number of ether oxygens (including phenoxy) is 4. The molecule has 4 rings (SSSR count). The zero-order valence-electron chi connectivity index (χ0n) is 47.7. The van der Waals surface area contributed by atoms with Gasteiger partial charge >= 0.3 is 23.4 Å². The van der Waals surface area contributed by atoms with E-state index < -0.39 is 38.6 Å². The molecule has 0 radical (unpaired) electrons. The van der Waals surface area contributed by atoms with Crippen LogP contribution >= 0.6 is 61.8 Å². The number of nitrogens with two attached hydrogens (primary N) is 1. The third-order valence-electron chi connectivity index (χ3n) is 12.8. The average Bonchev–Trinajstić information content (AvgIpc) is 3.96. The van der Waals surface area contributed by atoms with Crippen molar-refractivity contribution in [2.24, 2.45) is 5.73 Å². The molecule has 0 saturated carbocycles. The number of halogens is 5. The van der Waals surface area contributed by atoms with E-state index in [9.17, 15) is 38.1 Å². The molecular formula is C52H86Cl3F2N5O12S2Si2. The molecular weight excluding hydrogens is 1150 g/mol. The minimum atomic E-state index is -2.03. The molecule has 0 aliphatic carbocycles. The number of carbonyl (C=O) groups excluding carboxylic acids is 4. The zero-order chi connectivity index (χ0) is 58.5. The molecule has 4 N–H and O–H groups in total. The number of urea groups is 1. The number of methoxy groups -OCH3 is 2. The van der Waals surface area contributed by atoms with Crippen molar-refractivity contribution in [1.29, 1.82) is 0 Å². The lowest BCUT2D eigenvalue weighted by atomic mass is 10.1. The second-order valence-corrected chi connectivity index (χ2v) is 31.0. The van der Waals surface area contributed by atoms with Crippen LogP contribution in [0.2, 0.25) is 46.3 Å². The second kappa shape index (κ2) is 39.7. The second-order valence-electron chi connectivity index (χ2n) is 20.3. The number of esters is 2. The molecule has 0 aromatic heterocycles. The Bertz CT molecular complexity index is 2240. The van der Waals surface area contributed by atoms with Gasteiger partial charge in [0.1, 0.15) is 17.4 Å². The Morgan fingerprint density at radius 1 is 0.782 bits per heavy atom. The van der Waals surface area contributed by atoms with Gasteiger partial charge in [0, 0.05) is 82.6 Å². The van der Waals surface area contributed by atoms with Gasteiger partial charge in [-0.25, -0.2) is 18.4 Å². The lowest BCUT2D eigenvalue weighted by molar-refractivity contribution is -0.384. The van der Waals surface area contributed by atoms with Crippen LogP contribution in [0.15, 0.2) is 60.7 Å². The average molecular weight is 1240 g/mol. The molecule has 1 aliphatic heterocycles. The largest absolute Gasteiger partial charge is 0.469 e. The van der Waals surface area contributed by atoms with Crippen molar-refractivity contribution in [3.05, 3.63) is 104 Å². The van der Waals surface area contributed by atoms with E-state index in [-0.39, 0.29) is 108 Å². The van der Waals surface area contributed by atoms with Gasteiger partial charge in [-0.05, 0) is 104 Å². The van der Waals surface area contributed by atoms with Crippen molar-refractivity contribution >= 4 is 108 Å². The first-order valence-corrected chi connectivity index (χ1v) is 31.6. The van der Waals surface area contributed by atoms with Gasteiger partial charge in [-0.15, -0.1) is 0 Å². The molecule has 78 heavy (non-hydrogen) atoms. The number of amides is 2. The predicted molar refractivity (Wildman–Crippen MR) is 322 cm³/mol. The van der Waals surface area contributed by atoms with Crippen LogP contribution in [0.5, 0.6) is 5.75 Å². The van der Waals surface area contributed by atoms with E-state index in [0.29, 0.717) is 37.2 Å². The Morgan fingerprint density at radius 3 is 1.62 bits per heavy atom. The predicted octanol–water partition coefficient (Wildman–Crippen LogP) is 12.8. The summed E-state index contributed by atoms with van der Waals surface area (Å²) < 4.78 is 57.4. The molecule has 1 aliphatic rings. The number of rotatable bonds is 19. The molecule has 0 bridgehead atoms. The van der Waals surface area contributed by atoms with Crippen LogP contribution in [0, 0.1) is 21.7 Å². The fourth-order valence-corrected chi connectivity index (χ4v) is 8.20. The van der Waals surface area contributed by atoms with E-state index in [2.05, 4.69) is 87.8 Å². The van der Waals surface area contributed by atoms with Crippen LogP contribution in [0.3, 0.4) is 0 Å². The number of nitro groups is 1. The van der Waals surface area contributed by atoms with E-state index in [0.717, 1.165) is 19.6 Å². The maximum absolute atomic E-state index is 13.6. The molecule has 1 saturated heterocycles. The lowest BCUT2D eigenvalue weighted by Crippen LogP contribution is -2.49. The van der Waals surface area contributed by atoms with Gasteiger partial charge in [0.25, 0.3) is 5.69 Å². The summed E-state index contributed by atoms with van der Waals surface area (Å²) in [5.74, 6) is -1.28. The van der Waals surface area contributed by atoms with Crippen LogP contribution in [0.4, 0.5) is 24.1 Å². The third-order valence-corrected chi connectivity index (χ3v) is 22.7. The van der Waals surface area contributed by atoms with Crippen molar-refractivity contribution in [3.8, 4) is 5.75 Å². The molecule has 1 heterocycles. The monoisotopic (exact) mass is 1240 g/mol. The number of nitrogens with one attached hydrogen (secondary N) is 2. The standard InChI is InChI=1S/C21H34ClFN2O4Si.C13H29NO3Si.C7H7ClFN.C7H4ClNO4.C4H8O.2H2S/c1-21(2,3)30(6,7)29-14-16(11-12-18(26)28-5)25(4)20(27)24-13-15-9-8-10-17(23)19(15)22;1-13(2,3)18(6,7)17-10-11(14-4)8-9-12(15)16-5;8-7-5(4-10)2-1-3-6(7)9;8-7(10)13-6-3-1-5(2-4-6)9(11)12;1-2-4-5-3-1;;/h8-10,16H,11-14H2,1-7H3,(H,24,27);11,14H,8-10H2,1-7H3;1-3H,4,10H2;1-4H;1-4H2;2*1H2/t16-;11-;;;;;/m00...../s1. The maximum atomic E-state index is 13.6. The van der Waals surface area contributed by atoms with Gasteiger partial charge < -0.3 is 49.1 Å². The quantitative estimate of drug-likeness (QED) is 0.0334. The number of hydrogen-bond donors (Lipinski definition) is 3. The first-order valence-electron chi connectivity index (χ1n) is 24.6. The Morgan fingerprint density at radius 2 is 1.23 bits per heavy atom. The first-order chi connectivity index (χ1) is 35.3. The number of nitrogens with zero attached hydrogens (tertiary/aromatic N) is 2. The van der Waals surface area contributed by atoms with E-state index >= 15 is 0 Å². The molecule has 2 amide bonds. The highest BCUT2D eigenvalue weighted by Crippen LogP contribution is 2.38. The van der Waals surface area contributed by atoms with E-state index in [4.69, 9.17) is 58.9 Å². The molecule has 0 unspecified atom stereocenters. The van der Waals surface area contributed by atoms with Crippen LogP contribution in [-0.2, 0) is 45.7 Å².